The molecule has 1 aliphatic rings. The lowest BCUT2D eigenvalue weighted by molar-refractivity contribution is 0.0565. The molecule has 1 aromatic rings. The Morgan fingerprint density at radius 2 is 2.15 bits per heavy atom. The lowest BCUT2D eigenvalue weighted by Crippen LogP contribution is -2.44. The molecule has 1 fully saturated rings. The van der Waals surface area contributed by atoms with Crippen molar-refractivity contribution in [2.45, 2.75) is 31.7 Å². The van der Waals surface area contributed by atoms with Gasteiger partial charge < -0.3 is 15.7 Å². The average molecular weight is 284 g/mol. The number of hydrogen-bond acceptors (Lipinski definition) is 3. The number of rotatable bonds is 3. The molecule has 1 unspecified atom stereocenters. The van der Waals surface area contributed by atoms with Crippen molar-refractivity contribution in [1.29, 1.82) is 0 Å². The minimum Gasteiger partial charge on any atom is -0.396 e. The molecule has 20 heavy (non-hydrogen) atoms. The van der Waals surface area contributed by atoms with Crippen LogP contribution in [0.2, 0.25) is 0 Å². The van der Waals surface area contributed by atoms with Crippen LogP contribution in [0.1, 0.15) is 36.0 Å². The van der Waals surface area contributed by atoms with Crippen LogP contribution in [-0.4, -0.2) is 35.1 Å². The van der Waals surface area contributed by atoms with Crippen molar-refractivity contribution < 1.29 is 18.7 Å². The number of piperidine rings is 1. The fraction of sp³-hybridized carbons (Fsp3) is 0.500. The van der Waals surface area contributed by atoms with Crippen molar-refractivity contribution in [3.8, 4) is 0 Å². The lowest BCUT2D eigenvalue weighted by atomic mass is 9.98. The molecule has 1 amide bonds. The first-order valence-corrected chi connectivity index (χ1v) is 6.71. The van der Waals surface area contributed by atoms with Gasteiger partial charge in [-0.25, -0.2) is 8.78 Å². The first kappa shape index (κ1) is 14.7. The Morgan fingerprint density at radius 1 is 1.40 bits per heavy atom. The van der Waals surface area contributed by atoms with Gasteiger partial charge in [0.15, 0.2) is 5.82 Å². The molecule has 1 aromatic carbocycles. The predicted octanol–water partition coefficient (Wildman–Crippen LogP) is 1.92. The maximum Gasteiger partial charge on any atom is 0.260 e. The van der Waals surface area contributed by atoms with E-state index in [2.05, 4.69) is 0 Å². The number of hydrogen-bond donors (Lipinski definition) is 2. The van der Waals surface area contributed by atoms with Gasteiger partial charge in [0.05, 0.1) is 5.69 Å². The zero-order valence-electron chi connectivity index (χ0n) is 11.1. The fourth-order valence-corrected chi connectivity index (χ4v) is 2.63. The van der Waals surface area contributed by atoms with Gasteiger partial charge in [-0.2, -0.15) is 0 Å². The van der Waals surface area contributed by atoms with E-state index in [0.29, 0.717) is 13.0 Å². The SMILES string of the molecule is Nc1ccc(F)c(C(=O)N2CCCCC2CCO)c1F. The summed E-state index contributed by atoms with van der Waals surface area (Å²) in [5.74, 6) is -2.61. The van der Waals surface area contributed by atoms with E-state index in [-0.39, 0.29) is 18.3 Å². The van der Waals surface area contributed by atoms with Crippen LogP contribution in [0.4, 0.5) is 14.5 Å². The van der Waals surface area contributed by atoms with Crippen LogP contribution < -0.4 is 5.73 Å². The van der Waals surface area contributed by atoms with Crippen LogP contribution in [0.5, 0.6) is 0 Å². The highest BCUT2D eigenvalue weighted by Gasteiger charge is 2.31. The second-order valence-corrected chi connectivity index (χ2v) is 4.99. The van der Waals surface area contributed by atoms with Gasteiger partial charge in [0.25, 0.3) is 5.91 Å². The normalized spacial score (nSPS) is 19.1. The Balaban J connectivity index is 2.32. The number of amides is 1. The molecule has 0 spiro atoms. The Morgan fingerprint density at radius 3 is 2.85 bits per heavy atom. The molecule has 0 bridgehead atoms. The second kappa shape index (κ2) is 6.17. The smallest absolute Gasteiger partial charge is 0.260 e. The molecule has 110 valence electrons. The summed E-state index contributed by atoms with van der Waals surface area (Å²) in [6.07, 6.45) is 2.88. The zero-order chi connectivity index (χ0) is 14.7. The summed E-state index contributed by atoms with van der Waals surface area (Å²) >= 11 is 0. The summed E-state index contributed by atoms with van der Waals surface area (Å²) in [5, 5.41) is 9.04. The second-order valence-electron chi connectivity index (χ2n) is 4.99. The van der Waals surface area contributed by atoms with E-state index in [1.165, 1.54) is 4.90 Å². The Bertz CT molecular complexity index is 506. The monoisotopic (exact) mass is 284 g/mol. The number of halogens is 2. The first-order chi connectivity index (χ1) is 9.56. The molecular weight excluding hydrogens is 266 g/mol. The topological polar surface area (TPSA) is 66.6 Å². The maximum absolute atomic E-state index is 13.9. The van der Waals surface area contributed by atoms with Crippen LogP contribution in [0.3, 0.4) is 0 Å². The van der Waals surface area contributed by atoms with Gasteiger partial charge in [-0.05, 0) is 37.8 Å². The van der Waals surface area contributed by atoms with E-state index >= 15 is 0 Å². The first-order valence-electron chi connectivity index (χ1n) is 6.71. The number of aliphatic hydroxyl groups excluding tert-OH is 1. The minimum atomic E-state index is -1.01. The maximum atomic E-state index is 13.9. The largest absolute Gasteiger partial charge is 0.396 e. The molecule has 1 heterocycles. The predicted molar refractivity (Wildman–Crippen MR) is 71.1 cm³/mol. The quantitative estimate of drug-likeness (QED) is 0.833. The highest BCUT2D eigenvalue weighted by molar-refractivity contribution is 5.96. The standard InChI is InChI=1S/C14H18F2N2O2/c15-10-4-5-11(17)13(16)12(10)14(20)18-7-2-1-3-9(18)6-8-19/h4-5,9,19H,1-3,6-8,17H2. The fourth-order valence-electron chi connectivity index (χ4n) is 2.63. The van der Waals surface area contributed by atoms with E-state index in [0.717, 1.165) is 31.4 Å². The van der Waals surface area contributed by atoms with Crippen molar-refractivity contribution in [3.05, 3.63) is 29.3 Å². The van der Waals surface area contributed by atoms with E-state index in [1.54, 1.807) is 0 Å². The molecule has 1 saturated heterocycles. The van der Waals surface area contributed by atoms with Gasteiger partial charge in [-0.3, -0.25) is 4.79 Å². The van der Waals surface area contributed by atoms with Gasteiger partial charge >= 0.3 is 0 Å². The van der Waals surface area contributed by atoms with Gasteiger partial charge in [0.1, 0.15) is 11.4 Å². The Hall–Kier alpha value is -1.69. The van der Waals surface area contributed by atoms with E-state index < -0.39 is 23.1 Å². The number of carbonyl (C=O) groups excluding carboxylic acids is 1. The third-order valence-corrected chi connectivity index (χ3v) is 3.69. The highest BCUT2D eigenvalue weighted by Crippen LogP contribution is 2.25. The van der Waals surface area contributed by atoms with Crippen molar-refractivity contribution in [3.63, 3.8) is 0 Å². The van der Waals surface area contributed by atoms with Crippen LogP contribution >= 0.6 is 0 Å². The number of anilines is 1. The van der Waals surface area contributed by atoms with Crippen LogP contribution in [0.15, 0.2) is 12.1 Å². The molecule has 4 nitrogen and oxygen atoms in total. The van der Waals surface area contributed by atoms with Crippen LogP contribution in [0.25, 0.3) is 0 Å². The molecule has 0 aliphatic carbocycles. The molecule has 0 aromatic heterocycles. The average Bonchev–Trinajstić information content (AvgIpc) is 2.44. The summed E-state index contributed by atoms with van der Waals surface area (Å²) < 4.78 is 27.7. The molecule has 1 aliphatic heterocycles. The summed E-state index contributed by atoms with van der Waals surface area (Å²) in [6, 6.07) is 1.92. The molecular formula is C14H18F2N2O2. The molecule has 0 radical (unpaired) electrons. The zero-order valence-corrected chi connectivity index (χ0v) is 11.1. The molecule has 2 rings (SSSR count). The number of aliphatic hydroxyl groups is 1. The highest BCUT2D eigenvalue weighted by atomic mass is 19.1. The van der Waals surface area contributed by atoms with Crippen LogP contribution in [0, 0.1) is 11.6 Å². The number of nitrogens with two attached hydrogens (primary N) is 1. The van der Waals surface area contributed by atoms with Gasteiger partial charge in [-0.1, -0.05) is 0 Å². The van der Waals surface area contributed by atoms with Crippen molar-refractivity contribution in [1.82, 2.24) is 4.90 Å². The van der Waals surface area contributed by atoms with Gasteiger partial charge in [0.2, 0.25) is 0 Å². The van der Waals surface area contributed by atoms with E-state index in [1.807, 2.05) is 0 Å². The van der Waals surface area contributed by atoms with Crippen molar-refractivity contribution in [2.24, 2.45) is 0 Å². The number of nitrogen functional groups attached to an aromatic ring is 1. The minimum absolute atomic E-state index is 0.0592. The Kier molecular flexibility index (Phi) is 4.54. The number of likely N-dealkylation sites (tertiary alicyclic amines) is 1. The number of benzene rings is 1. The lowest BCUT2D eigenvalue weighted by Gasteiger charge is -2.35. The van der Waals surface area contributed by atoms with E-state index in [4.69, 9.17) is 10.8 Å². The number of carbonyl (C=O) groups is 1. The van der Waals surface area contributed by atoms with Gasteiger partial charge in [-0.15, -0.1) is 0 Å². The third kappa shape index (κ3) is 2.75. The van der Waals surface area contributed by atoms with Crippen LogP contribution in [-0.2, 0) is 0 Å². The summed E-state index contributed by atoms with van der Waals surface area (Å²) in [5.41, 5.74) is 4.55. The molecule has 6 heteroatoms. The molecule has 0 saturated carbocycles. The molecule has 3 N–H and O–H groups in total. The Labute approximate surface area is 116 Å². The van der Waals surface area contributed by atoms with Crippen molar-refractivity contribution in [2.75, 3.05) is 18.9 Å². The summed E-state index contributed by atoms with van der Waals surface area (Å²) in [6.45, 7) is 0.382. The van der Waals surface area contributed by atoms with Crippen molar-refractivity contribution >= 4 is 11.6 Å². The number of nitrogens with zero attached hydrogens (tertiary/aromatic N) is 1. The van der Waals surface area contributed by atoms with E-state index in [9.17, 15) is 13.6 Å². The third-order valence-electron chi connectivity index (χ3n) is 3.69. The summed E-state index contributed by atoms with van der Waals surface area (Å²) in [7, 11) is 0. The molecule has 1 atom stereocenters. The summed E-state index contributed by atoms with van der Waals surface area (Å²) in [4.78, 5) is 13.8. The van der Waals surface area contributed by atoms with Gasteiger partial charge in [0, 0.05) is 19.2 Å².